The largest absolute Gasteiger partial charge is 0.494 e. The van der Waals surface area contributed by atoms with Gasteiger partial charge in [-0.3, -0.25) is 4.79 Å². The number of hydrogen-bond donors (Lipinski definition) is 0. The van der Waals surface area contributed by atoms with Gasteiger partial charge < -0.3 is 9.64 Å². The van der Waals surface area contributed by atoms with E-state index in [-0.39, 0.29) is 17.8 Å². The molecule has 1 aliphatic rings. The third-order valence-electron chi connectivity index (χ3n) is 4.15. The first-order valence-corrected chi connectivity index (χ1v) is 8.45. The van der Waals surface area contributed by atoms with Crippen molar-refractivity contribution in [1.82, 2.24) is 4.90 Å². The Morgan fingerprint density at radius 3 is 2.50 bits per heavy atom. The van der Waals surface area contributed by atoms with Gasteiger partial charge in [-0.1, -0.05) is 36.4 Å². The molecule has 0 saturated heterocycles. The van der Waals surface area contributed by atoms with E-state index in [1.807, 2.05) is 41.3 Å². The van der Waals surface area contributed by atoms with Crippen LogP contribution in [0, 0.1) is 5.82 Å². The molecular weight excluding hydrogens is 305 g/mol. The van der Waals surface area contributed by atoms with Crippen LogP contribution in [0.3, 0.4) is 0 Å². The van der Waals surface area contributed by atoms with Crippen LogP contribution < -0.4 is 4.74 Å². The number of carbonyl (C=O) groups is 1. The molecule has 3 rings (SSSR count). The van der Waals surface area contributed by atoms with Gasteiger partial charge in [0.15, 0.2) is 0 Å². The molecule has 1 aliphatic carbocycles. The maximum atomic E-state index is 13.8. The molecule has 0 radical (unpaired) electrons. The zero-order valence-corrected chi connectivity index (χ0v) is 13.7. The minimum absolute atomic E-state index is 0.0809. The lowest BCUT2D eigenvalue weighted by atomic mass is 10.2. The summed E-state index contributed by atoms with van der Waals surface area (Å²) >= 11 is 0. The van der Waals surface area contributed by atoms with Gasteiger partial charge >= 0.3 is 0 Å². The second kappa shape index (κ2) is 7.95. The van der Waals surface area contributed by atoms with Crippen LogP contribution in [-0.2, 0) is 11.3 Å². The number of halogens is 1. The van der Waals surface area contributed by atoms with E-state index in [1.165, 1.54) is 6.07 Å². The molecule has 0 aromatic heterocycles. The summed E-state index contributed by atoms with van der Waals surface area (Å²) in [6.45, 7) is 0.865. The molecule has 24 heavy (non-hydrogen) atoms. The fourth-order valence-corrected chi connectivity index (χ4v) is 2.69. The van der Waals surface area contributed by atoms with Gasteiger partial charge in [0.25, 0.3) is 0 Å². The molecule has 3 nitrogen and oxygen atoms in total. The predicted octanol–water partition coefficient (Wildman–Crippen LogP) is 4.18. The van der Waals surface area contributed by atoms with Gasteiger partial charge in [-0.2, -0.15) is 0 Å². The van der Waals surface area contributed by atoms with Gasteiger partial charge in [0.05, 0.1) is 6.61 Å². The van der Waals surface area contributed by atoms with Crippen molar-refractivity contribution in [1.29, 1.82) is 0 Å². The highest BCUT2D eigenvalue weighted by molar-refractivity contribution is 5.76. The maximum absolute atomic E-state index is 13.8. The number of benzene rings is 2. The summed E-state index contributed by atoms with van der Waals surface area (Å²) in [5.41, 5.74) is 0.582. The van der Waals surface area contributed by atoms with Crippen molar-refractivity contribution in [2.45, 2.75) is 38.3 Å². The minimum atomic E-state index is -0.247. The fraction of sp³-hybridized carbons (Fsp3) is 0.350. The molecule has 2 aromatic rings. The molecule has 1 saturated carbocycles. The number of nitrogens with zero attached hydrogens (tertiary/aromatic N) is 1. The zero-order chi connectivity index (χ0) is 16.8. The summed E-state index contributed by atoms with van der Waals surface area (Å²) in [6.07, 6.45) is 3.12. The van der Waals surface area contributed by atoms with Crippen molar-refractivity contribution >= 4 is 5.91 Å². The molecule has 2 aromatic carbocycles. The Morgan fingerprint density at radius 2 is 1.79 bits per heavy atom. The summed E-state index contributed by atoms with van der Waals surface area (Å²) in [7, 11) is 0. The first kappa shape index (κ1) is 16.5. The molecule has 0 N–H and O–H groups in total. The lowest BCUT2D eigenvalue weighted by molar-refractivity contribution is -0.132. The molecule has 0 aliphatic heterocycles. The van der Waals surface area contributed by atoms with Crippen molar-refractivity contribution in [3.05, 3.63) is 66.0 Å². The first-order chi connectivity index (χ1) is 11.7. The van der Waals surface area contributed by atoms with Gasteiger partial charge in [-0.25, -0.2) is 4.39 Å². The number of rotatable bonds is 8. The van der Waals surface area contributed by atoms with E-state index in [4.69, 9.17) is 4.74 Å². The van der Waals surface area contributed by atoms with Crippen molar-refractivity contribution in [2.24, 2.45) is 0 Å². The summed E-state index contributed by atoms with van der Waals surface area (Å²) in [5.74, 6) is 0.649. The Bertz CT molecular complexity index is 670. The number of amides is 1. The molecule has 0 bridgehead atoms. The van der Waals surface area contributed by atoms with Crippen LogP contribution in [-0.4, -0.2) is 23.5 Å². The Kier molecular flexibility index (Phi) is 5.47. The highest BCUT2D eigenvalue weighted by atomic mass is 19.1. The summed E-state index contributed by atoms with van der Waals surface area (Å²) < 4.78 is 19.5. The van der Waals surface area contributed by atoms with E-state index in [2.05, 4.69) is 0 Å². The highest BCUT2D eigenvalue weighted by Crippen LogP contribution is 2.29. The Morgan fingerprint density at radius 1 is 1.08 bits per heavy atom. The smallest absolute Gasteiger partial charge is 0.223 e. The molecule has 0 heterocycles. The molecule has 1 fully saturated rings. The standard InChI is InChI=1S/C20H22FNO2/c21-19-10-5-4-7-16(19)15-22(17-12-13-17)20(23)11-6-14-24-18-8-2-1-3-9-18/h1-5,7-10,17H,6,11-15H2. The second-order valence-corrected chi connectivity index (χ2v) is 6.11. The van der Waals surface area contributed by atoms with Crippen LogP contribution in [0.25, 0.3) is 0 Å². The zero-order valence-electron chi connectivity index (χ0n) is 13.7. The SMILES string of the molecule is O=C(CCCOc1ccccc1)N(Cc1ccccc1F)C1CC1. The van der Waals surface area contributed by atoms with Crippen LogP contribution in [0.15, 0.2) is 54.6 Å². The van der Waals surface area contributed by atoms with Crippen LogP contribution in [0.4, 0.5) is 4.39 Å². The normalized spacial score (nSPS) is 13.5. The van der Waals surface area contributed by atoms with Gasteiger partial charge in [0.1, 0.15) is 11.6 Å². The third kappa shape index (κ3) is 4.57. The van der Waals surface area contributed by atoms with E-state index in [9.17, 15) is 9.18 Å². The van der Waals surface area contributed by atoms with Crippen LogP contribution in [0.1, 0.15) is 31.2 Å². The monoisotopic (exact) mass is 327 g/mol. The molecular formula is C20H22FNO2. The van der Waals surface area contributed by atoms with Gasteiger partial charge in [0.2, 0.25) is 5.91 Å². The highest BCUT2D eigenvalue weighted by Gasteiger charge is 2.32. The van der Waals surface area contributed by atoms with Crippen LogP contribution >= 0.6 is 0 Å². The van der Waals surface area contributed by atoms with E-state index in [0.29, 0.717) is 31.6 Å². The molecule has 0 atom stereocenters. The average Bonchev–Trinajstić information content (AvgIpc) is 3.43. The number of ether oxygens (including phenoxy) is 1. The number of para-hydroxylation sites is 1. The molecule has 126 valence electrons. The molecule has 0 spiro atoms. The van der Waals surface area contributed by atoms with Crippen LogP contribution in [0.2, 0.25) is 0 Å². The average molecular weight is 327 g/mol. The minimum Gasteiger partial charge on any atom is -0.494 e. The van der Waals surface area contributed by atoms with Gasteiger partial charge in [-0.15, -0.1) is 0 Å². The quantitative estimate of drug-likeness (QED) is 0.681. The van der Waals surface area contributed by atoms with Gasteiger partial charge in [-0.05, 0) is 37.5 Å². The molecule has 0 unspecified atom stereocenters. The number of hydrogen-bond acceptors (Lipinski definition) is 2. The van der Waals surface area contributed by atoms with Crippen molar-refractivity contribution in [3.63, 3.8) is 0 Å². The Hall–Kier alpha value is -2.36. The van der Waals surface area contributed by atoms with E-state index >= 15 is 0 Å². The van der Waals surface area contributed by atoms with E-state index in [1.54, 1.807) is 12.1 Å². The fourth-order valence-electron chi connectivity index (χ4n) is 2.69. The topological polar surface area (TPSA) is 29.5 Å². The lowest BCUT2D eigenvalue weighted by Gasteiger charge is -2.23. The van der Waals surface area contributed by atoms with E-state index in [0.717, 1.165) is 18.6 Å². The first-order valence-electron chi connectivity index (χ1n) is 8.45. The molecule has 1 amide bonds. The number of carbonyl (C=O) groups excluding carboxylic acids is 1. The van der Waals surface area contributed by atoms with Gasteiger partial charge in [0, 0.05) is 24.6 Å². The summed E-state index contributed by atoms with van der Waals surface area (Å²) in [6, 6.07) is 16.5. The predicted molar refractivity (Wildman–Crippen MR) is 91.1 cm³/mol. The maximum Gasteiger partial charge on any atom is 0.223 e. The lowest BCUT2D eigenvalue weighted by Crippen LogP contribution is -2.33. The second-order valence-electron chi connectivity index (χ2n) is 6.11. The van der Waals surface area contributed by atoms with Crippen molar-refractivity contribution in [3.8, 4) is 5.75 Å². The third-order valence-corrected chi connectivity index (χ3v) is 4.15. The van der Waals surface area contributed by atoms with Crippen molar-refractivity contribution in [2.75, 3.05) is 6.61 Å². The summed E-state index contributed by atoms with van der Waals surface area (Å²) in [5, 5.41) is 0. The summed E-state index contributed by atoms with van der Waals surface area (Å²) in [4.78, 5) is 14.3. The van der Waals surface area contributed by atoms with Crippen LogP contribution in [0.5, 0.6) is 5.75 Å². The molecule has 4 heteroatoms. The van der Waals surface area contributed by atoms with E-state index < -0.39 is 0 Å². The Balaban J connectivity index is 1.49. The van der Waals surface area contributed by atoms with Crippen molar-refractivity contribution < 1.29 is 13.9 Å². The Labute approximate surface area is 142 Å².